The molecule has 1 aliphatic carbocycles. The third-order valence-corrected chi connectivity index (χ3v) is 5.82. The van der Waals surface area contributed by atoms with Crippen molar-refractivity contribution < 1.29 is 4.79 Å². The summed E-state index contributed by atoms with van der Waals surface area (Å²) in [6, 6.07) is 4.03. The first-order valence-electron chi connectivity index (χ1n) is 8.13. The van der Waals surface area contributed by atoms with Crippen molar-refractivity contribution in [1.82, 2.24) is 25.0 Å². The highest BCUT2D eigenvalue weighted by molar-refractivity contribution is 6.00. The van der Waals surface area contributed by atoms with Crippen molar-refractivity contribution in [2.24, 2.45) is 5.92 Å². The Kier molecular flexibility index (Phi) is 2.45. The Hall–Kier alpha value is -1.95. The molecule has 3 aliphatic heterocycles. The van der Waals surface area contributed by atoms with Crippen LogP contribution >= 0.6 is 0 Å². The topological polar surface area (TPSA) is 62.5 Å². The molecule has 1 saturated carbocycles. The normalized spacial score (nSPS) is 31.5. The van der Waals surface area contributed by atoms with Crippen LogP contribution < -0.4 is 5.32 Å². The Balaban J connectivity index is 1.45. The summed E-state index contributed by atoms with van der Waals surface area (Å²) in [5, 5.41) is 11.6. The maximum atomic E-state index is 12.8. The minimum atomic E-state index is -0.00646. The van der Waals surface area contributed by atoms with Crippen molar-refractivity contribution in [2.45, 2.75) is 37.3 Å². The molecule has 6 heteroatoms. The second-order valence-electron chi connectivity index (χ2n) is 6.84. The fourth-order valence-electron chi connectivity index (χ4n) is 4.55. The van der Waals surface area contributed by atoms with Gasteiger partial charge in [0, 0.05) is 11.7 Å². The van der Waals surface area contributed by atoms with E-state index >= 15 is 0 Å². The van der Waals surface area contributed by atoms with E-state index < -0.39 is 0 Å². The summed E-state index contributed by atoms with van der Waals surface area (Å²) in [5.41, 5.74) is 1.66. The van der Waals surface area contributed by atoms with Gasteiger partial charge in [0.25, 0.3) is 5.91 Å². The summed E-state index contributed by atoms with van der Waals surface area (Å²) in [6.45, 7) is 2.41. The van der Waals surface area contributed by atoms with Crippen molar-refractivity contribution in [2.75, 3.05) is 13.1 Å². The maximum Gasteiger partial charge on any atom is 0.255 e. The zero-order chi connectivity index (χ0) is 14.7. The number of hydrogen-bond donors (Lipinski definition) is 1. The van der Waals surface area contributed by atoms with Crippen LogP contribution in [0.3, 0.4) is 0 Å². The lowest BCUT2D eigenvalue weighted by Gasteiger charge is -2.52. The Labute approximate surface area is 128 Å². The highest BCUT2D eigenvalue weighted by atomic mass is 16.1. The van der Waals surface area contributed by atoms with Gasteiger partial charge in [-0.3, -0.25) is 9.69 Å². The lowest BCUT2D eigenvalue weighted by atomic mass is 9.77. The van der Waals surface area contributed by atoms with Crippen molar-refractivity contribution in [1.29, 1.82) is 0 Å². The monoisotopic (exact) mass is 297 g/mol. The molecule has 0 aromatic carbocycles. The number of nitrogens with zero attached hydrogens (tertiary/aromatic N) is 4. The Bertz CT molecular complexity index is 742. The predicted molar refractivity (Wildman–Crippen MR) is 80.5 cm³/mol. The number of piperidine rings is 3. The molecule has 114 valence electrons. The zero-order valence-electron chi connectivity index (χ0n) is 12.4. The van der Waals surface area contributed by atoms with E-state index in [1.165, 1.54) is 43.4 Å². The average molecular weight is 297 g/mol. The SMILES string of the molecule is O=C(N[C@@H]1C2CCN(CC2)C12CC2)c1cnn2ncccc12. The van der Waals surface area contributed by atoms with Gasteiger partial charge in [0.05, 0.1) is 17.8 Å². The predicted octanol–water partition coefficient (Wildman–Crippen LogP) is 1.09. The van der Waals surface area contributed by atoms with E-state index in [4.69, 9.17) is 0 Å². The van der Waals surface area contributed by atoms with E-state index in [0.717, 1.165) is 5.52 Å². The number of fused-ring (bicyclic) bond motifs is 3. The van der Waals surface area contributed by atoms with Gasteiger partial charge in [-0.05, 0) is 56.8 Å². The van der Waals surface area contributed by atoms with Crippen molar-refractivity contribution in [3.63, 3.8) is 0 Å². The molecule has 2 bridgehead atoms. The van der Waals surface area contributed by atoms with Gasteiger partial charge in [0.2, 0.25) is 0 Å². The van der Waals surface area contributed by atoms with Crippen LogP contribution in [0.25, 0.3) is 5.52 Å². The Morgan fingerprint density at radius 2 is 2.09 bits per heavy atom. The number of carbonyl (C=O) groups excluding carboxylic acids is 1. The zero-order valence-corrected chi connectivity index (χ0v) is 12.4. The minimum absolute atomic E-state index is 0.00646. The molecule has 4 fully saturated rings. The number of hydrogen-bond acceptors (Lipinski definition) is 4. The molecule has 22 heavy (non-hydrogen) atoms. The first kappa shape index (κ1) is 12.6. The fraction of sp³-hybridized carbons (Fsp3) is 0.562. The lowest BCUT2D eigenvalue weighted by Crippen LogP contribution is -2.65. The van der Waals surface area contributed by atoms with E-state index in [1.54, 1.807) is 12.4 Å². The highest BCUT2D eigenvalue weighted by Gasteiger charge is 2.60. The quantitative estimate of drug-likeness (QED) is 0.901. The van der Waals surface area contributed by atoms with Crippen molar-refractivity contribution >= 4 is 11.4 Å². The number of nitrogens with one attached hydrogen (secondary N) is 1. The summed E-state index contributed by atoms with van der Waals surface area (Å²) in [7, 11) is 0. The largest absolute Gasteiger partial charge is 0.347 e. The molecule has 1 N–H and O–H groups in total. The van der Waals surface area contributed by atoms with Crippen LogP contribution in [0.4, 0.5) is 0 Å². The highest BCUT2D eigenvalue weighted by Crippen LogP contribution is 2.53. The average Bonchev–Trinajstić information content (AvgIpc) is 3.21. The van der Waals surface area contributed by atoms with Gasteiger partial charge in [-0.1, -0.05) is 0 Å². The number of aromatic nitrogens is 3. The molecule has 1 amide bonds. The molecule has 6 rings (SSSR count). The molecule has 4 aliphatic rings. The van der Waals surface area contributed by atoms with E-state index in [0.29, 0.717) is 17.5 Å². The van der Waals surface area contributed by atoms with Crippen LogP contribution in [0.5, 0.6) is 0 Å². The van der Waals surface area contributed by atoms with Crippen LogP contribution in [0.2, 0.25) is 0 Å². The smallest absolute Gasteiger partial charge is 0.255 e. The third kappa shape index (κ3) is 1.61. The van der Waals surface area contributed by atoms with Crippen LogP contribution in [0, 0.1) is 5.92 Å². The van der Waals surface area contributed by atoms with Crippen LogP contribution in [0.1, 0.15) is 36.0 Å². The van der Waals surface area contributed by atoms with Gasteiger partial charge in [0.15, 0.2) is 0 Å². The standard InChI is InChI=1S/C16H19N5O/c22-15(12-10-18-21-13(12)2-1-7-17-21)19-14-11-3-8-20(9-4-11)16(14)5-6-16/h1-2,7,10-11,14H,3-6,8-9H2,(H,19,22)/t14-/m1/s1. The van der Waals surface area contributed by atoms with Gasteiger partial charge in [-0.2, -0.15) is 14.8 Å². The number of amides is 1. The molecule has 1 spiro atoms. The summed E-state index contributed by atoms with van der Waals surface area (Å²) < 4.78 is 1.51. The van der Waals surface area contributed by atoms with Gasteiger partial charge in [-0.15, -0.1) is 0 Å². The molecule has 0 unspecified atom stereocenters. The second-order valence-corrected chi connectivity index (χ2v) is 6.84. The molecule has 1 atom stereocenters. The molecule has 2 aromatic heterocycles. The second kappa shape index (κ2) is 4.29. The number of carbonyl (C=O) groups is 1. The van der Waals surface area contributed by atoms with Crippen LogP contribution in [-0.4, -0.2) is 50.3 Å². The van der Waals surface area contributed by atoms with E-state index in [2.05, 4.69) is 20.4 Å². The van der Waals surface area contributed by atoms with Crippen LogP contribution in [-0.2, 0) is 0 Å². The molecule has 5 heterocycles. The molecule has 2 aromatic rings. The van der Waals surface area contributed by atoms with Gasteiger partial charge in [-0.25, -0.2) is 0 Å². The third-order valence-electron chi connectivity index (χ3n) is 5.82. The van der Waals surface area contributed by atoms with Crippen molar-refractivity contribution in [3.05, 3.63) is 30.1 Å². The summed E-state index contributed by atoms with van der Waals surface area (Å²) in [4.78, 5) is 15.4. The Morgan fingerprint density at radius 1 is 1.27 bits per heavy atom. The molecule has 6 nitrogen and oxygen atoms in total. The molecule has 3 saturated heterocycles. The van der Waals surface area contributed by atoms with Crippen molar-refractivity contribution in [3.8, 4) is 0 Å². The maximum absolute atomic E-state index is 12.8. The summed E-state index contributed by atoms with van der Waals surface area (Å²) in [6.07, 6.45) is 8.18. The Morgan fingerprint density at radius 3 is 2.86 bits per heavy atom. The van der Waals surface area contributed by atoms with E-state index in [-0.39, 0.29) is 11.4 Å². The summed E-state index contributed by atoms with van der Waals surface area (Å²) >= 11 is 0. The number of rotatable bonds is 2. The van der Waals surface area contributed by atoms with Gasteiger partial charge in [0.1, 0.15) is 5.52 Å². The first-order valence-corrected chi connectivity index (χ1v) is 8.13. The molecular weight excluding hydrogens is 278 g/mol. The minimum Gasteiger partial charge on any atom is -0.347 e. The fourth-order valence-corrected chi connectivity index (χ4v) is 4.55. The lowest BCUT2D eigenvalue weighted by molar-refractivity contribution is -0.00142. The van der Waals surface area contributed by atoms with E-state index in [1.807, 2.05) is 12.1 Å². The van der Waals surface area contributed by atoms with Gasteiger partial charge < -0.3 is 5.32 Å². The van der Waals surface area contributed by atoms with Crippen LogP contribution in [0.15, 0.2) is 24.5 Å². The molecule has 0 radical (unpaired) electrons. The first-order chi connectivity index (χ1) is 10.8. The van der Waals surface area contributed by atoms with E-state index in [9.17, 15) is 4.79 Å². The van der Waals surface area contributed by atoms with Gasteiger partial charge >= 0.3 is 0 Å². The summed E-state index contributed by atoms with van der Waals surface area (Å²) in [5.74, 6) is 0.629. The molecular formula is C16H19N5O.